The summed E-state index contributed by atoms with van der Waals surface area (Å²) >= 11 is 0. The van der Waals surface area contributed by atoms with Gasteiger partial charge in [-0.2, -0.15) is 0 Å². The molecule has 0 aliphatic rings. The largest absolute Gasteiger partial charge is 0.395 e. The third-order valence-electron chi connectivity index (χ3n) is 3.10. The fourth-order valence-electron chi connectivity index (χ4n) is 1.89. The van der Waals surface area contributed by atoms with E-state index in [9.17, 15) is 9.90 Å². The highest BCUT2D eigenvalue weighted by atomic mass is 16.3. The molecule has 0 radical (unpaired) electrons. The van der Waals surface area contributed by atoms with E-state index in [0.29, 0.717) is 23.5 Å². The Hall–Kier alpha value is -1.66. The van der Waals surface area contributed by atoms with Gasteiger partial charge in [0.2, 0.25) is 0 Å². The van der Waals surface area contributed by atoms with Crippen LogP contribution in [0.3, 0.4) is 0 Å². The number of aromatic amines is 2. The quantitative estimate of drug-likeness (QED) is 0.616. The molecule has 0 saturated heterocycles. The molecule has 2 aromatic heterocycles. The van der Waals surface area contributed by atoms with Crippen molar-refractivity contribution < 1.29 is 5.11 Å². The van der Waals surface area contributed by atoms with Crippen LogP contribution in [-0.4, -0.2) is 32.7 Å². The van der Waals surface area contributed by atoms with Gasteiger partial charge in [-0.15, -0.1) is 0 Å². The number of H-pyrrole nitrogens is 2. The van der Waals surface area contributed by atoms with E-state index in [0.717, 1.165) is 5.56 Å². The van der Waals surface area contributed by atoms with Crippen molar-refractivity contribution in [3.05, 3.63) is 28.4 Å². The zero-order chi connectivity index (χ0) is 13.1. The van der Waals surface area contributed by atoms with Crippen molar-refractivity contribution in [2.24, 2.45) is 5.92 Å². The van der Waals surface area contributed by atoms with E-state index in [1.165, 1.54) is 6.33 Å². The third kappa shape index (κ3) is 2.44. The van der Waals surface area contributed by atoms with Crippen LogP contribution < -0.4 is 10.9 Å². The number of aliphatic hydroxyl groups excluding tert-OH is 1. The Balaban J connectivity index is 2.18. The summed E-state index contributed by atoms with van der Waals surface area (Å²) in [5.74, 6) is 0.344. The minimum absolute atomic E-state index is 0.0388. The minimum atomic E-state index is -0.172. The van der Waals surface area contributed by atoms with Crippen LogP contribution >= 0.6 is 0 Å². The number of nitrogens with one attached hydrogen (secondary N) is 3. The molecule has 0 amide bonds. The van der Waals surface area contributed by atoms with Crippen LogP contribution in [0.1, 0.15) is 19.4 Å². The summed E-state index contributed by atoms with van der Waals surface area (Å²) < 4.78 is 0. The van der Waals surface area contributed by atoms with Crippen LogP contribution in [0.5, 0.6) is 0 Å². The molecule has 98 valence electrons. The van der Waals surface area contributed by atoms with Gasteiger partial charge in [0.05, 0.1) is 18.5 Å². The summed E-state index contributed by atoms with van der Waals surface area (Å²) in [6.45, 7) is 4.76. The van der Waals surface area contributed by atoms with Gasteiger partial charge in [0.15, 0.2) is 0 Å². The van der Waals surface area contributed by atoms with E-state index >= 15 is 0 Å². The SMILES string of the molecule is CC(C)[C@@H](CO)NCc1c[nH]c2c(=O)[nH]cnc12. The molecule has 6 nitrogen and oxygen atoms in total. The smallest absolute Gasteiger partial charge is 0.275 e. The fourth-order valence-corrected chi connectivity index (χ4v) is 1.89. The number of rotatable bonds is 5. The Morgan fingerprint density at radius 3 is 2.89 bits per heavy atom. The molecule has 4 N–H and O–H groups in total. The van der Waals surface area contributed by atoms with E-state index in [-0.39, 0.29) is 18.2 Å². The number of hydrogen-bond donors (Lipinski definition) is 4. The monoisotopic (exact) mass is 250 g/mol. The van der Waals surface area contributed by atoms with Crippen molar-refractivity contribution in [1.29, 1.82) is 0 Å². The Kier molecular flexibility index (Phi) is 3.78. The van der Waals surface area contributed by atoms with Crippen LogP contribution in [0.25, 0.3) is 11.0 Å². The van der Waals surface area contributed by atoms with Crippen LogP contribution in [0, 0.1) is 5.92 Å². The van der Waals surface area contributed by atoms with Gasteiger partial charge in [-0.25, -0.2) is 4.98 Å². The molecule has 2 aromatic rings. The van der Waals surface area contributed by atoms with Crippen LogP contribution in [0.15, 0.2) is 17.3 Å². The highest BCUT2D eigenvalue weighted by Gasteiger charge is 2.13. The fraction of sp³-hybridized carbons (Fsp3) is 0.500. The summed E-state index contributed by atoms with van der Waals surface area (Å²) in [4.78, 5) is 21.1. The molecule has 1 atom stereocenters. The Morgan fingerprint density at radius 1 is 1.44 bits per heavy atom. The molecule has 2 heterocycles. The van der Waals surface area contributed by atoms with E-state index in [2.05, 4.69) is 20.3 Å². The van der Waals surface area contributed by atoms with Crippen LogP contribution in [0.4, 0.5) is 0 Å². The molecule has 0 fully saturated rings. The Labute approximate surface area is 104 Å². The predicted molar refractivity (Wildman–Crippen MR) is 69.3 cm³/mol. The van der Waals surface area contributed by atoms with Gasteiger partial charge < -0.3 is 20.4 Å². The number of hydrogen-bond acceptors (Lipinski definition) is 4. The number of fused-ring (bicyclic) bond motifs is 1. The van der Waals surface area contributed by atoms with Crippen molar-refractivity contribution >= 4 is 11.0 Å². The van der Waals surface area contributed by atoms with E-state index in [1.54, 1.807) is 6.20 Å². The summed E-state index contributed by atoms with van der Waals surface area (Å²) in [5, 5.41) is 12.5. The molecule has 0 spiro atoms. The average Bonchev–Trinajstić information content (AvgIpc) is 2.74. The molecular formula is C12H18N4O2. The van der Waals surface area contributed by atoms with Gasteiger partial charge in [0.25, 0.3) is 5.56 Å². The van der Waals surface area contributed by atoms with E-state index in [1.807, 2.05) is 13.8 Å². The predicted octanol–water partition coefficient (Wildman–Crippen LogP) is 0.358. The van der Waals surface area contributed by atoms with Gasteiger partial charge in [-0.05, 0) is 5.92 Å². The van der Waals surface area contributed by atoms with Gasteiger partial charge in [-0.3, -0.25) is 4.79 Å². The van der Waals surface area contributed by atoms with Gasteiger partial charge >= 0.3 is 0 Å². The lowest BCUT2D eigenvalue weighted by molar-refractivity contribution is 0.210. The summed E-state index contributed by atoms with van der Waals surface area (Å²) in [6, 6.07) is 0.0388. The maximum absolute atomic E-state index is 11.5. The number of aliphatic hydroxyl groups is 1. The summed E-state index contributed by atoms with van der Waals surface area (Å²) in [6.07, 6.45) is 3.17. The average molecular weight is 250 g/mol. The minimum Gasteiger partial charge on any atom is -0.395 e. The molecule has 2 rings (SSSR count). The van der Waals surface area contributed by atoms with Gasteiger partial charge in [-0.1, -0.05) is 13.8 Å². The lowest BCUT2D eigenvalue weighted by atomic mass is 10.1. The molecule has 0 aliphatic heterocycles. The molecular weight excluding hydrogens is 232 g/mol. The van der Waals surface area contributed by atoms with Crippen LogP contribution in [0.2, 0.25) is 0 Å². The number of aromatic nitrogens is 3. The maximum atomic E-state index is 11.5. The maximum Gasteiger partial charge on any atom is 0.275 e. The number of nitrogens with zero attached hydrogens (tertiary/aromatic N) is 1. The first kappa shape index (κ1) is 12.8. The van der Waals surface area contributed by atoms with Crippen LogP contribution in [-0.2, 0) is 6.54 Å². The normalized spacial score (nSPS) is 13.3. The summed E-state index contributed by atoms with van der Waals surface area (Å²) in [7, 11) is 0. The van der Waals surface area contributed by atoms with E-state index in [4.69, 9.17) is 0 Å². The van der Waals surface area contributed by atoms with Crippen molar-refractivity contribution in [2.75, 3.05) is 6.61 Å². The van der Waals surface area contributed by atoms with E-state index < -0.39 is 0 Å². The first-order valence-electron chi connectivity index (χ1n) is 6.01. The zero-order valence-corrected chi connectivity index (χ0v) is 10.5. The van der Waals surface area contributed by atoms with Crippen molar-refractivity contribution in [2.45, 2.75) is 26.4 Å². The highest BCUT2D eigenvalue weighted by molar-refractivity contribution is 5.77. The second-order valence-electron chi connectivity index (χ2n) is 4.68. The molecule has 0 aliphatic carbocycles. The third-order valence-corrected chi connectivity index (χ3v) is 3.10. The lowest BCUT2D eigenvalue weighted by Gasteiger charge is -2.19. The molecule has 0 unspecified atom stereocenters. The molecule has 0 bridgehead atoms. The second-order valence-corrected chi connectivity index (χ2v) is 4.68. The zero-order valence-electron chi connectivity index (χ0n) is 10.5. The summed E-state index contributed by atoms with van der Waals surface area (Å²) in [5.41, 5.74) is 1.91. The molecule has 18 heavy (non-hydrogen) atoms. The van der Waals surface area contributed by atoms with Crippen molar-refractivity contribution in [3.63, 3.8) is 0 Å². The lowest BCUT2D eigenvalue weighted by Crippen LogP contribution is -2.36. The molecule has 0 saturated carbocycles. The second kappa shape index (κ2) is 5.32. The highest BCUT2D eigenvalue weighted by Crippen LogP contribution is 2.12. The standard InChI is InChI=1S/C12H18N4O2/c1-7(2)9(5-17)13-3-8-4-14-11-10(8)15-6-16-12(11)18/h4,6-7,9,13-14,17H,3,5H2,1-2H3,(H,15,16,18)/t9-/m1/s1. The Morgan fingerprint density at radius 2 is 2.22 bits per heavy atom. The topological polar surface area (TPSA) is 93.8 Å². The van der Waals surface area contributed by atoms with Crippen molar-refractivity contribution in [3.8, 4) is 0 Å². The van der Waals surface area contributed by atoms with Crippen molar-refractivity contribution in [1.82, 2.24) is 20.3 Å². The Bertz CT molecular complexity index is 573. The first-order valence-corrected chi connectivity index (χ1v) is 6.01. The molecule has 6 heteroatoms. The van der Waals surface area contributed by atoms with Gasteiger partial charge in [0.1, 0.15) is 5.52 Å². The van der Waals surface area contributed by atoms with Gasteiger partial charge in [0, 0.05) is 24.3 Å². The first-order chi connectivity index (χ1) is 8.63. The molecule has 0 aromatic carbocycles.